The second-order valence-electron chi connectivity index (χ2n) is 5.66. The Labute approximate surface area is 144 Å². The number of hydrogen-bond acceptors (Lipinski definition) is 3. The predicted octanol–water partition coefficient (Wildman–Crippen LogP) is 4.73. The molecule has 0 saturated heterocycles. The first-order chi connectivity index (χ1) is 11.2. The smallest absolute Gasteiger partial charge is 0.0493 e. The lowest BCUT2D eigenvalue weighted by Gasteiger charge is -2.30. The molecule has 0 aromatic heterocycles. The molecule has 0 saturated carbocycles. The number of benzene rings is 1. The van der Waals surface area contributed by atoms with E-state index in [1.54, 1.807) is 6.20 Å². The van der Waals surface area contributed by atoms with Crippen molar-refractivity contribution in [3.05, 3.63) is 59.4 Å². The molecular weight excluding hydrogens is 306 g/mol. The Bertz CT molecular complexity index is 604. The molecule has 1 atom stereocenters. The topological polar surface area (TPSA) is 28.0 Å². The lowest BCUT2D eigenvalue weighted by atomic mass is 10.1. The molecule has 0 amide bonds. The summed E-state index contributed by atoms with van der Waals surface area (Å²) in [6.45, 7) is 7.85. The molecule has 0 bridgehead atoms. The van der Waals surface area contributed by atoms with Gasteiger partial charge in [-0.25, -0.2) is 0 Å². The van der Waals surface area contributed by atoms with Crippen LogP contribution in [0.2, 0.25) is 5.02 Å². The molecule has 1 heterocycles. The number of hydrogen-bond donors (Lipinski definition) is 0. The fourth-order valence-corrected chi connectivity index (χ4v) is 2.76. The van der Waals surface area contributed by atoms with E-state index in [0.717, 1.165) is 48.6 Å². The average Bonchev–Trinajstić information content (AvgIpc) is 2.58. The standard InChI is InChI=1S/C19H24ClN3/c1-3-21-12-6-7-16(2)23-13-10-18(11-14-23)22-15-17-8-4-5-9-19(17)20/h3-5,8-10,12,15-16H,1,6-7,11,13-14H2,2H3. The highest BCUT2D eigenvalue weighted by Crippen LogP contribution is 2.18. The maximum Gasteiger partial charge on any atom is 0.0493 e. The Balaban J connectivity index is 1.85. The van der Waals surface area contributed by atoms with Crippen LogP contribution in [0, 0.1) is 0 Å². The first kappa shape index (κ1) is 17.6. The van der Waals surface area contributed by atoms with E-state index >= 15 is 0 Å². The van der Waals surface area contributed by atoms with Crippen LogP contribution in [-0.2, 0) is 0 Å². The fraction of sp³-hybridized carbons (Fsp3) is 0.368. The van der Waals surface area contributed by atoms with E-state index in [9.17, 15) is 0 Å². The Morgan fingerprint density at radius 2 is 2.22 bits per heavy atom. The molecule has 3 nitrogen and oxygen atoms in total. The molecule has 0 fully saturated rings. The van der Waals surface area contributed by atoms with E-state index in [1.165, 1.54) is 0 Å². The van der Waals surface area contributed by atoms with Crippen LogP contribution in [0.4, 0.5) is 0 Å². The minimum absolute atomic E-state index is 0.552. The molecule has 0 radical (unpaired) electrons. The van der Waals surface area contributed by atoms with Crippen LogP contribution in [0.25, 0.3) is 0 Å². The third-order valence-corrected chi connectivity index (χ3v) is 4.38. The summed E-state index contributed by atoms with van der Waals surface area (Å²) in [7, 11) is 0. The summed E-state index contributed by atoms with van der Waals surface area (Å²) in [6, 6.07) is 8.32. The minimum atomic E-state index is 0.552. The molecule has 0 aliphatic carbocycles. The maximum absolute atomic E-state index is 6.14. The molecule has 1 aliphatic heterocycles. The largest absolute Gasteiger partial charge is 0.297 e. The molecule has 1 aromatic carbocycles. The van der Waals surface area contributed by atoms with E-state index in [0.29, 0.717) is 6.04 Å². The van der Waals surface area contributed by atoms with E-state index in [2.05, 4.69) is 34.5 Å². The summed E-state index contributed by atoms with van der Waals surface area (Å²) < 4.78 is 0. The molecule has 1 unspecified atom stereocenters. The molecule has 1 aromatic rings. The number of halogens is 1. The van der Waals surface area contributed by atoms with Crippen molar-refractivity contribution >= 4 is 24.0 Å². The summed E-state index contributed by atoms with van der Waals surface area (Å²) >= 11 is 6.14. The van der Waals surface area contributed by atoms with Crippen LogP contribution >= 0.6 is 11.6 Å². The Kier molecular flexibility index (Phi) is 7.24. The second kappa shape index (κ2) is 9.43. The van der Waals surface area contributed by atoms with Crippen molar-refractivity contribution in [2.45, 2.75) is 32.2 Å². The monoisotopic (exact) mass is 329 g/mol. The molecular formula is C19H24ClN3. The van der Waals surface area contributed by atoms with Crippen molar-refractivity contribution in [2.24, 2.45) is 9.98 Å². The molecule has 0 spiro atoms. The zero-order chi connectivity index (χ0) is 16.5. The second-order valence-corrected chi connectivity index (χ2v) is 6.07. The highest BCUT2D eigenvalue weighted by Gasteiger charge is 2.16. The van der Waals surface area contributed by atoms with Gasteiger partial charge in [0, 0.05) is 60.5 Å². The highest BCUT2D eigenvalue weighted by atomic mass is 35.5. The molecule has 0 N–H and O–H groups in total. The quantitative estimate of drug-likeness (QED) is 0.664. The molecule has 122 valence electrons. The first-order valence-corrected chi connectivity index (χ1v) is 8.42. The zero-order valence-electron chi connectivity index (χ0n) is 13.7. The molecule has 1 aliphatic rings. The predicted molar refractivity (Wildman–Crippen MR) is 101 cm³/mol. The normalized spacial score (nSPS) is 17.6. The number of nitrogens with zero attached hydrogens (tertiary/aromatic N) is 3. The van der Waals surface area contributed by atoms with Gasteiger partial charge in [-0.3, -0.25) is 14.9 Å². The van der Waals surface area contributed by atoms with Crippen LogP contribution in [0.1, 0.15) is 31.7 Å². The fourth-order valence-electron chi connectivity index (χ4n) is 2.57. The van der Waals surface area contributed by atoms with Crippen LogP contribution in [-0.4, -0.2) is 36.5 Å². The third kappa shape index (κ3) is 5.77. The van der Waals surface area contributed by atoms with Crippen LogP contribution in [0.3, 0.4) is 0 Å². The van der Waals surface area contributed by atoms with Gasteiger partial charge in [0.25, 0.3) is 0 Å². The van der Waals surface area contributed by atoms with Crippen molar-refractivity contribution in [3.8, 4) is 0 Å². The summed E-state index contributed by atoms with van der Waals surface area (Å²) in [6.07, 6.45) is 10.7. The van der Waals surface area contributed by atoms with Gasteiger partial charge < -0.3 is 0 Å². The van der Waals surface area contributed by atoms with Gasteiger partial charge in [-0.15, -0.1) is 0 Å². The van der Waals surface area contributed by atoms with Crippen molar-refractivity contribution in [3.63, 3.8) is 0 Å². The van der Waals surface area contributed by atoms with Crippen LogP contribution in [0.15, 0.2) is 58.8 Å². The number of aliphatic imine (C=N–C) groups is 2. The van der Waals surface area contributed by atoms with Gasteiger partial charge in [0.05, 0.1) is 0 Å². The van der Waals surface area contributed by atoms with Gasteiger partial charge >= 0.3 is 0 Å². The van der Waals surface area contributed by atoms with Crippen molar-refractivity contribution in [2.75, 3.05) is 13.1 Å². The minimum Gasteiger partial charge on any atom is -0.297 e. The third-order valence-electron chi connectivity index (χ3n) is 4.04. The van der Waals surface area contributed by atoms with Crippen molar-refractivity contribution < 1.29 is 0 Å². The van der Waals surface area contributed by atoms with Gasteiger partial charge in [0.15, 0.2) is 0 Å². The van der Waals surface area contributed by atoms with Gasteiger partial charge in [-0.2, -0.15) is 0 Å². The van der Waals surface area contributed by atoms with Gasteiger partial charge in [0.2, 0.25) is 0 Å². The van der Waals surface area contributed by atoms with Crippen LogP contribution in [0.5, 0.6) is 0 Å². The van der Waals surface area contributed by atoms with E-state index < -0.39 is 0 Å². The molecule has 2 rings (SSSR count). The first-order valence-electron chi connectivity index (χ1n) is 8.05. The summed E-state index contributed by atoms with van der Waals surface area (Å²) in [4.78, 5) is 11.1. The highest BCUT2D eigenvalue weighted by molar-refractivity contribution is 6.33. The molecule has 4 heteroatoms. The lowest BCUT2D eigenvalue weighted by Crippen LogP contribution is -2.36. The summed E-state index contributed by atoms with van der Waals surface area (Å²) in [5.74, 6) is 0. The van der Waals surface area contributed by atoms with Crippen molar-refractivity contribution in [1.29, 1.82) is 0 Å². The summed E-state index contributed by atoms with van der Waals surface area (Å²) in [5.41, 5.74) is 2.11. The van der Waals surface area contributed by atoms with E-state index in [1.807, 2.05) is 36.7 Å². The van der Waals surface area contributed by atoms with E-state index in [4.69, 9.17) is 11.6 Å². The lowest BCUT2D eigenvalue weighted by molar-refractivity contribution is 0.217. The Morgan fingerprint density at radius 1 is 1.39 bits per heavy atom. The average molecular weight is 330 g/mol. The number of rotatable bonds is 7. The zero-order valence-corrected chi connectivity index (χ0v) is 14.4. The Hall–Kier alpha value is -1.71. The van der Waals surface area contributed by atoms with Crippen molar-refractivity contribution in [1.82, 2.24) is 4.90 Å². The maximum atomic E-state index is 6.14. The van der Waals surface area contributed by atoms with Gasteiger partial charge in [0.1, 0.15) is 0 Å². The van der Waals surface area contributed by atoms with E-state index in [-0.39, 0.29) is 0 Å². The summed E-state index contributed by atoms with van der Waals surface area (Å²) in [5, 5.41) is 0.740. The van der Waals surface area contributed by atoms with Crippen LogP contribution < -0.4 is 0 Å². The SMILES string of the molecule is C=CN=CCCC(C)N1CC=C(N=Cc2ccccc2Cl)CC1. The molecule has 23 heavy (non-hydrogen) atoms. The van der Waals surface area contributed by atoms with Gasteiger partial charge in [-0.1, -0.05) is 36.4 Å². The Morgan fingerprint density at radius 3 is 2.91 bits per heavy atom. The van der Waals surface area contributed by atoms with Gasteiger partial charge in [-0.05, 0) is 31.9 Å².